The minimum Gasteiger partial charge on any atom is -0.396 e. The summed E-state index contributed by atoms with van der Waals surface area (Å²) >= 11 is 0. The van der Waals surface area contributed by atoms with E-state index in [9.17, 15) is 9.18 Å². The van der Waals surface area contributed by atoms with Gasteiger partial charge in [-0.25, -0.2) is 9.18 Å². The van der Waals surface area contributed by atoms with Crippen molar-refractivity contribution in [3.8, 4) is 0 Å². The first-order chi connectivity index (χ1) is 9.17. The lowest BCUT2D eigenvalue weighted by Crippen LogP contribution is -2.35. The summed E-state index contributed by atoms with van der Waals surface area (Å²) in [6.07, 6.45) is 0.516. The summed E-state index contributed by atoms with van der Waals surface area (Å²) in [5.41, 5.74) is 1.26. The van der Waals surface area contributed by atoms with E-state index in [1.807, 2.05) is 0 Å². The number of methoxy groups -OCH3 is 1. The van der Waals surface area contributed by atoms with Crippen LogP contribution in [-0.4, -0.2) is 31.4 Å². The maximum Gasteiger partial charge on any atom is 0.315 e. The maximum atomic E-state index is 13.4. The summed E-state index contributed by atoms with van der Waals surface area (Å²) in [6, 6.07) is 4.32. The van der Waals surface area contributed by atoms with E-state index in [1.165, 1.54) is 13.2 Å². The van der Waals surface area contributed by atoms with Crippen LogP contribution in [0.5, 0.6) is 0 Å². The molecule has 6 heteroatoms. The summed E-state index contributed by atoms with van der Waals surface area (Å²) in [4.78, 5) is 11.4. The van der Waals surface area contributed by atoms with Crippen molar-refractivity contribution in [1.29, 1.82) is 0 Å². The Bertz CT molecular complexity index is 413. The van der Waals surface area contributed by atoms with Crippen molar-refractivity contribution in [1.82, 2.24) is 10.6 Å². The highest BCUT2D eigenvalue weighted by atomic mass is 19.1. The van der Waals surface area contributed by atoms with Crippen molar-refractivity contribution >= 4 is 6.03 Å². The number of amides is 2. The van der Waals surface area contributed by atoms with E-state index < -0.39 is 0 Å². The van der Waals surface area contributed by atoms with Crippen LogP contribution in [-0.2, 0) is 17.9 Å². The molecule has 0 radical (unpaired) electrons. The van der Waals surface area contributed by atoms with Crippen LogP contribution in [0.1, 0.15) is 17.5 Å². The van der Waals surface area contributed by atoms with E-state index in [1.54, 1.807) is 12.1 Å². The molecule has 19 heavy (non-hydrogen) atoms. The van der Waals surface area contributed by atoms with Gasteiger partial charge in [-0.3, -0.25) is 0 Å². The molecule has 0 aliphatic heterocycles. The van der Waals surface area contributed by atoms with Crippen molar-refractivity contribution in [3.05, 3.63) is 35.1 Å². The van der Waals surface area contributed by atoms with Crippen LogP contribution in [0, 0.1) is 5.82 Å². The third-order valence-corrected chi connectivity index (χ3v) is 2.48. The fourth-order valence-corrected chi connectivity index (χ4v) is 1.53. The van der Waals surface area contributed by atoms with Gasteiger partial charge < -0.3 is 20.5 Å². The van der Waals surface area contributed by atoms with Gasteiger partial charge in [0.15, 0.2) is 0 Å². The highest BCUT2D eigenvalue weighted by molar-refractivity contribution is 5.73. The molecule has 1 rings (SSSR count). The Morgan fingerprint density at radius 2 is 2.21 bits per heavy atom. The second-order valence-electron chi connectivity index (χ2n) is 4.05. The first-order valence-electron chi connectivity index (χ1n) is 6.06. The standard InChI is InChI=1S/C13H19FN2O3/c1-19-9-11-7-10(3-4-12(11)14)8-16-13(18)15-5-2-6-17/h3-4,7,17H,2,5-6,8-9H2,1H3,(H2,15,16,18). The molecule has 0 bridgehead atoms. The van der Waals surface area contributed by atoms with E-state index in [4.69, 9.17) is 9.84 Å². The molecule has 1 aromatic carbocycles. The summed E-state index contributed by atoms with van der Waals surface area (Å²) in [5, 5.41) is 13.8. The summed E-state index contributed by atoms with van der Waals surface area (Å²) in [5.74, 6) is -0.321. The molecule has 2 amide bonds. The molecule has 0 heterocycles. The highest BCUT2D eigenvalue weighted by Gasteiger charge is 2.05. The van der Waals surface area contributed by atoms with Crippen LogP contribution in [0.25, 0.3) is 0 Å². The largest absolute Gasteiger partial charge is 0.396 e. The lowest BCUT2D eigenvalue weighted by atomic mass is 10.1. The van der Waals surface area contributed by atoms with Gasteiger partial charge in [-0.15, -0.1) is 0 Å². The Morgan fingerprint density at radius 1 is 1.42 bits per heavy atom. The van der Waals surface area contributed by atoms with Crippen LogP contribution in [0.4, 0.5) is 9.18 Å². The molecule has 0 aliphatic rings. The second kappa shape index (κ2) is 8.44. The Balaban J connectivity index is 2.44. The maximum absolute atomic E-state index is 13.4. The monoisotopic (exact) mass is 270 g/mol. The number of aliphatic hydroxyl groups excluding tert-OH is 1. The van der Waals surface area contributed by atoms with Gasteiger partial charge in [0.25, 0.3) is 0 Å². The molecule has 0 atom stereocenters. The van der Waals surface area contributed by atoms with Crippen LogP contribution in [0.2, 0.25) is 0 Å². The molecule has 3 N–H and O–H groups in total. The normalized spacial score (nSPS) is 10.3. The lowest BCUT2D eigenvalue weighted by molar-refractivity contribution is 0.181. The van der Waals surface area contributed by atoms with E-state index in [-0.39, 0.29) is 25.1 Å². The summed E-state index contributed by atoms with van der Waals surface area (Å²) in [7, 11) is 1.50. The zero-order valence-corrected chi connectivity index (χ0v) is 10.9. The Labute approximate surface area is 111 Å². The van der Waals surface area contributed by atoms with Crippen LogP contribution >= 0.6 is 0 Å². The predicted molar refractivity (Wildman–Crippen MR) is 69.1 cm³/mol. The molecular weight excluding hydrogens is 251 g/mol. The highest BCUT2D eigenvalue weighted by Crippen LogP contribution is 2.11. The van der Waals surface area contributed by atoms with Crippen LogP contribution < -0.4 is 10.6 Å². The van der Waals surface area contributed by atoms with E-state index in [0.29, 0.717) is 25.1 Å². The fraction of sp³-hybridized carbons (Fsp3) is 0.462. The quantitative estimate of drug-likeness (QED) is 0.651. The van der Waals surface area contributed by atoms with E-state index in [0.717, 1.165) is 5.56 Å². The van der Waals surface area contributed by atoms with Gasteiger partial charge in [-0.05, 0) is 24.1 Å². The molecule has 5 nitrogen and oxygen atoms in total. The molecule has 0 fully saturated rings. The number of aliphatic hydroxyl groups is 1. The number of hydrogen-bond acceptors (Lipinski definition) is 3. The molecule has 0 aromatic heterocycles. The van der Waals surface area contributed by atoms with E-state index in [2.05, 4.69) is 10.6 Å². The zero-order valence-electron chi connectivity index (χ0n) is 10.9. The molecule has 0 aliphatic carbocycles. The minimum atomic E-state index is -0.321. The van der Waals surface area contributed by atoms with Gasteiger partial charge in [0.05, 0.1) is 6.61 Å². The number of rotatable bonds is 7. The Hall–Kier alpha value is -1.66. The number of urea groups is 1. The molecule has 0 saturated heterocycles. The van der Waals surface area contributed by atoms with Gasteiger partial charge in [-0.2, -0.15) is 0 Å². The van der Waals surface area contributed by atoms with Gasteiger partial charge in [0, 0.05) is 32.4 Å². The van der Waals surface area contributed by atoms with Gasteiger partial charge >= 0.3 is 6.03 Å². The van der Waals surface area contributed by atoms with Gasteiger partial charge in [0.1, 0.15) is 5.82 Å². The van der Waals surface area contributed by atoms with Crippen LogP contribution in [0.15, 0.2) is 18.2 Å². The first kappa shape index (κ1) is 15.4. The Kier molecular flexibility index (Phi) is 6.84. The zero-order chi connectivity index (χ0) is 14.1. The summed E-state index contributed by atoms with van der Waals surface area (Å²) in [6.45, 7) is 0.962. The number of carbonyl (C=O) groups excluding carboxylic acids is 1. The smallest absolute Gasteiger partial charge is 0.315 e. The third-order valence-electron chi connectivity index (χ3n) is 2.48. The fourth-order valence-electron chi connectivity index (χ4n) is 1.53. The SMILES string of the molecule is COCc1cc(CNC(=O)NCCCO)ccc1F. The summed E-state index contributed by atoms with van der Waals surface area (Å²) < 4.78 is 18.2. The van der Waals surface area contributed by atoms with Gasteiger partial charge in [-0.1, -0.05) is 6.07 Å². The number of halogens is 1. The molecule has 106 valence electrons. The average Bonchev–Trinajstić information content (AvgIpc) is 2.40. The number of nitrogens with one attached hydrogen (secondary N) is 2. The van der Waals surface area contributed by atoms with Crippen molar-refractivity contribution in [2.45, 2.75) is 19.6 Å². The average molecular weight is 270 g/mol. The second-order valence-corrected chi connectivity index (χ2v) is 4.05. The van der Waals surface area contributed by atoms with Crippen molar-refractivity contribution in [2.75, 3.05) is 20.3 Å². The van der Waals surface area contributed by atoms with Crippen molar-refractivity contribution < 1.29 is 19.0 Å². The molecule has 0 unspecified atom stereocenters. The van der Waals surface area contributed by atoms with E-state index >= 15 is 0 Å². The Morgan fingerprint density at radius 3 is 2.89 bits per heavy atom. The van der Waals surface area contributed by atoms with Crippen molar-refractivity contribution in [3.63, 3.8) is 0 Å². The minimum absolute atomic E-state index is 0.0403. The number of benzene rings is 1. The number of hydrogen-bond donors (Lipinski definition) is 3. The molecule has 0 spiro atoms. The molecule has 0 saturated carbocycles. The van der Waals surface area contributed by atoms with Crippen molar-refractivity contribution in [2.24, 2.45) is 0 Å². The van der Waals surface area contributed by atoms with Gasteiger partial charge in [0.2, 0.25) is 0 Å². The predicted octanol–water partition coefficient (Wildman–Crippen LogP) is 1.15. The third kappa shape index (κ3) is 5.67. The molecular formula is C13H19FN2O3. The first-order valence-corrected chi connectivity index (χ1v) is 6.06. The lowest BCUT2D eigenvalue weighted by Gasteiger charge is -2.09. The number of ether oxygens (including phenoxy) is 1. The van der Waals surface area contributed by atoms with Crippen LogP contribution in [0.3, 0.4) is 0 Å². The molecule has 1 aromatic rings. The topological polar surface area (TPSA) is 70.6 Å². The number of carbonyl (C=O) groups is 1.